The van der Waals surface area contributed by atoms with Crippen molar-refractivity contribution >= 4 is 35.1 Å². The maximum absolute atomic E-state index is 11.4. The van der Waals surface area contributed by atoms with Crippen LogP contribution >= 0.6 is 23.2 Å². The van der Waals surface area contributed by atoms with Gasteiger partial charge in [-0.3, -0.25) is 4.79 Å². The average molecular weight is 285 g/mol. The molecule has 0 aromatic carbocycles. The van der Waals surface area contributed by atoms with E-state index in [-0.39, 0.29) is 12.8 Å². The predicted octanol–water partition coefficient (Wildman–Crippen LogP) is 1.27. The van der Waals surface area contributed by atoms with Gasteiger partial charge in [-0.2, -0.15) is 0 Å². The number of unbranched alkanes of at least 4 members (excludes halogenated alkanes) is 1. The Morgan fingerprint density at radius 2 is 2.00 bits per heavy atom. The van der Waals surface area contributed by atoms with Gasteiger partial charge >= 0.3 is 5.97 Å². The minimum Gasteiger partial charge on any atom is -0.479 e. The van der Waals surface area contributed by atoms with Gasteiger partial charge in [-0.1, -0.05) is 6.92 Å². The Labute approximate surface area is 111 Å². The summed E-state index contributed by atoms with van der Waals surface area (Å²) in [5, 5.41) is 11.6. The molecule has 4 N–H and O–H groups in total. The first-order valence-electron chi connectivity index (χ1n) is 5.43. The van der Waals surface area contributed by atoms with Crippen molar-refractivity contribution in [3.63, 3.8) is 0 Å². The molecule has 100 valence electrons. The Morgan fingerprint density at radius 1 is 1.41 bits per heavy atom. The molecule has 0 saturated carbocycles. The molecule has 1 amide bonds. The molecule has 5 nitrogen and oxygen atoms in total. The van der Waals surface area contributed by atoms with E-state index in [9.17, 15) is 14.7 Å². The minimum atomic E-state index is -1.63. The zero-order valence-electron chi connectivity index (χ0n) is 9.71. The third kappa shape index (κ3) is 4.69. The Morgan fingerprint density at radius 3 is 2.35 bits per heavy atom. The number of rotatable bonds is 8. The molecule has 17 heavy (non-hydrogen) atoms. The van der Waals surface area contributed by atoms with Crippen molar-refractivity contribution in [3.8, 4) is 0 Å². The molecule has 0 saturated heterocycles. The fourth-order valence-corrected chi connectivity index (χ4v) is 1.88. The molecule has 0 aromatic rings. The molecular weight excluding hydrogens is 267 g/mol. The van der Waals surface area contributed by atoms with Crippen LogP contribution in [0.1, 0.15) is 32.6 Å². The van der Waals surface area contributed by atoms with Gasteiger partial charge in [-0.05, 0) is 25.8 Å². The van der Waals surface area contributed by atoms with E-state index in [2.05, 4.69) is 5.32 Å². The molecule has 1 unspecified atom stereocenters. The van der Waals surface area contributed by atoms with Gasteiger partial charge in [-0.25, -0.2) is 4.79 Å². The maximum Gasteiger partial charge on any atom is 0.332 e. The second kappa shape index (κ2) is 7.74. The second-order valence-corrected chi connectivity index (χ2v) is 4.82. The van der Waals surface area contributed by atoms with E-state index in [1.165, 1.54) is 0 Å². The van der Waals surface area contributed by atoms with Gasteiger partial charge in [0.15, 0.2) is 5.54 Å². The third-order valence-corrected chi connectivity index (χ3v) is 3.21. The largest absolute Gasteiger partial charge is 0.479 e. The van der Waals surface area contributed by atoms with Crippen molar-refractivity contribution in [2.75, 3.05) is 6.54 Å². The highest BCUT2D eigenvalue weighted by Crippen LogP contribution is 2.27. The fourth-order valence-electron chi connectivity index (χ4n) is 1.37. The molecule has 0 aromatic heterocycles. The van der Waals surface area contributed by atoms with E-state index in [4.69, 9.17) is 28.9 Å². The number of nitrogens with two attached hydrogens (primary N) is 1. The molecule has 0 fully saturated rings. The molecule has 1 atom stereocenters. The quantitative estimate of drug-likeness (QED) is 0.462. The fraction of sp³-hybridized carbons (Fsp3) is 0.800. The number of alkyl halides is 2. The van der Waals surface area contributed by atoms with Crippen LogP contribution in [0, 0.1) is 0 Å². The summed E-state index contributed by atoms with van der Waals surface area (Å²) in [5.74, 6) is -1.63. The number of carbonyl (C=O) groups excluding carboxylic acids is 1. The van der Waals surface area contributed by atoms with Crippen LogP contribution in [0.3, 0.4) is 0 Å². The van der Waals surface area contributed by atoms with Crippen LogP contribution in [0.5, 0.6) is 0 Å². The Bertz CT molecular complexity index is 274. The number of carboxylic acid groups (broad SMARTS) is 1. The molecule has 0 spiro atoms. The number of aliphatic carboxylic acids is 1. The minimum absolute atomic E-state index is 0.156. The zero-order valence-corrected chi connectivity index (χ0v) is 11.2. The maximum atomic E-state index is 11.4. The van der Waals surface area contributed by atoms with Crippen LogP contribution in [0.4, 0.5) is 0 Å². The van der Waals surface area contributed by atoms with Crippen LogP contribution in [-0.2, 0) is 9.59 Å². The number of carbonyl (C=O) groups is 2. The lowest BCUT2D eigenvalue weighted by molar-refractivity contribution is -0.147. The number of hydrogen-bond donors (Lipinski definition) is 3. The van der Waals surface area contributed by atoms with Gasteiger partial charge in [0.05, 0.1) is 0 Å². The summed E-state index contributed by atoms with van der Waals surface area (Å²) in [7, 11) is 0. The molecule has 0 bridgehead atoms. The SMILES string of the molecule is CCC(=O)NC(CCCCN)(C(=O)O)C(Cl)Cl. The number of hydrogen-bond acceptors (Lipinski definition) is 3. The monoisotopic (exact) mass is 284 g/mol. The summed E-state index contributed by atoms with van der Waals surface area (Å²) in [6.07, 6.45) is 1.51. The molecule has 7 heteroatoms. The molecule has 0 aliphatic rings. The van der Waals surface area contributed by atoms with Gasteiger partial charge in [0.2, 0.25) is 5.91 Å². The molecule has 0 heterocycles. The predicted molar refractivity (Wildman–Crippen MR) is 67.2 cm³/mol. The first-order valence-corrected chi connectivity index (χ1v) is 6.30. The molecular formula is C10H18Cl2N2O3. The highest BCUT2D eigenvalue weighted by Gasteiger charge is 2.45. The van der Waals surface area contributed by atoms with Crippen LogP contribution < -0.4 is 11.1 Å². The zero-order chi connectivity index (χ0) is 13.5. The third-order valence-electron chi connectivity index (χ3n) is 2.46. The average Bonchev–Trinajstić information content (AvgIpc) is 2.26. The summed E-state index contributed by atoms with van der Waals surface area (Å²) < 4.78 is 0. The number of carboxylic acids is 1. The highest BCUT2D eigenvalue weighted by atomic mass is 35.5. The lowest BCUT2D eigenvalue weighted by atomic mass is 9.94. The van der Waals surface area contributed by atoms with Gasteiger partial charge in [-0.15, -0.1) is 23.2 Å². The van der Waals surface area contributed by atoms with E-state index in [1.54, 1.807) is 6.92 Å². The molecule has 0 rings (SSSR count). The van der Waals surface area contributed by atoms with Crippen molar-refractivity contribution in [2.45, 2.75) is 43.0 Å². The number of halogens is 2. The Kier molecular flexibility index (Phi) is 7.50. The normalized spacial score (nSPS) is 14.4. The summed E-state index contributed by atoms with van der Waals surface area (Å²) in [5.41, 5.74) is 3.70. The second-order valence-electron chi connectivity index (χ2n) is 3.72. The number of amides is 1. The lowest BCUT2D eigenvalue weighted by Crippen LogP contribution is -2.59. The van der Waals surface area contributed by atoms with Crippen molar-refractivity contribution < 1.29 is 14.7 Å². The Hall–Kier alpha value is -0.520. The molecule has 0 aliphatic carbocycles. The van der Waals surface area contributed by atoms with Gasteiger partial charge in [0.25, 0.3) is 0 Å². The van der Waals surface area contributed by atoms with Crippen molar-refractivity contribution in [2.24, 2.45) is 5.73 Å². The summed E-state index contributed by atoms with van der Waals surface area (Å²) in [4.78, 5) is 21.4. The summed E-state index contributed by atoms with van der Waals surface area (Å²) >= 11 is 11.4. The van der Waals surface area contributed by atoms with Crippen LogP contribution in [0.25, 0.3) is 0 Å². The van der Waals surface area contributed by atoms with E-state index in [0.717, 1.165) is 0 Å². The lowest BCUT2D eigenvalue weighted by Gasteiger charge is -2.31. The first kappa shape index (κ1) is 16.5. The van der Waals surface area contributed by atoms with Crippen molar-refractivity contribution in [1.82, 2.24) is 5.32 Å². The number of nitrogens with one attached hydrogen (secondary N) is 1. The smallest absolute Gasteiger partial charge is 0.332 e. The molecule has 0 radical (unpaired) electrons. The summed E-state index contributed by atoms with van der Waals surface area (Å²) in [6.45, 7) is 2.08. The Balaban J connectivity index is 4.86. The van der Waals surface area contributed by atoms with Gasteiger partial charge in [0, 0.05) is 6.42 Å². The van der Waals surface area contributed by atoms with E-state index in [1.807, 2.05) is 0 Å². The first-order chi connectivity index (χ1) is 7.90. The van der Waals surface area contributed by atoms with Gasteiger partial charge < -0.3 is 16.2 Å². The van der Waals surface area contributed by atoms with Crippen LogP contribution in [0.2, 0.25) is 0 Å². The van der Waals surface area contributed by atoms with Crippen molar-refractivity contribution in [1.29, 1.82) is 0 Å². The van der Waals surface area contributed by atoms with Gasteiger partial charge in [0.1, 0.15) is 4.84 Å². The van der Waals surface area contributed by atoms with Crippen LogP contribution in [-0.4, -0.2) is 33.9 Å². The topological polar surface area (TPSA) is 92.4 Å². The van der Waals surface area contributed by atoms with E-state index < -0.39 is 22.3 Å². The summed E-state index contributed by atoms with van der Waals surface area (Å²) in [6, 6.07) is 0. The van der Waals surface area contributed by atoms with Crippen molar-refractivity contribution in [3.05, 3.63) is 0 Å². The van der Waals surface area contributed by atoms with Crippen LogP contribution in [0.15, 0.2) is 0 Å². The standard InChI is InChI=1S/C10H18Cl2N2O3/c1-2-7(15)14-10(8(11)12,9(16)17)5-3-4-6-13/h8H,2-6,13H2,1H3,(H,14,15)(H,16,17). The van der Waals surface area contributed by atoms with E-state index >= 15 is 0 Å². The molecule has 0 aliphatic heterocycles. The van der Waals surface area contributed by atoms with E-state index in [0.29, 0.717) is 19.4 Å². The highest BCUT2D eigenvalue weighted by molar-refractivity contribution is 6.46.